The molecule has 0 heterocycles. The molecule has 19 heavy (non-hydrogen) atoms. The fourth-order valence-corrected chi connectivity index (χ4v) is 2.80. The predicted molar refractivity (Wildman–Crippen MR) is 70.4 cm³/mol. The molecule has 0 aromatic heterocycles. The number of hydrazone groups is 2. The third-order valence-electron chi connectivity index (χ3n) is 3.54. The maximum absolute atomic E-state index is 10.7. The van der Waals surface area contributed by atoms with Crippen LogP contribution in [0.5, 0.6) is 0 Å². The molecule has 2 aliphatic carbocycles. The molecule has 0 aliphatic heterocycles. The number of urea groups is 2. The van der Waals surface area contributed by atoms with Gasteiger partial charge in [0.1, 0.15) is 0 Å². The van der Waals surface area contributed by atoms with Crippen molar-refractivity contribution in [3.63, 3.8) is 0 Å². The smallest absolute Gasteiger partial charge is 0.332 e. The van der Waals surface area contributed by atoms with Crippen LogP contribution in [0.15, 0.2) is 10.2 Å². The predicted octanol–water partition coefficient (Wildman–Crippen LogP) is 0.245. The highest BCUT2D eigenvalue weighted by molar-refractivity contribution is 6.09. The first-order chi connectivity index (χ1) is 9.06. The van der Waals surface area contributed by atoms with Crippen molar-refractivity contribution >= 4 is 23.5 Å². The summed E-state index contributed by atoms with van der Waals surface area (Å²) < 4.78 is 0. The number of hydrogen-bond acceptors (Lipinski definition) is 4. The van der Waals surface area contributed by atoms with Gasteiger partial charge >= 0.3 is 12.1 Å². The van der Waals surface area contributed by atoms with E-state index in [0.29, 0.717) is 5.92 Å². The van der Waals surface area contributed by atoms with Gasteiger partial charge < -0.3 is 11.5 Å². The quantitative estimate of drug-likeness (QED) is 0.533. The van der Waals surface area contributed by atoms with Crippen LogP contribution in [0.2, 0.25) is 0 Å². The molecule has 2 saturated carbocycles. The van der Waals surface area contributed by atoms with Crippen LogP contribution in [0.25, 0.3) is 0 Å². The van der Waals surface area contributed by atoms with Gasteiger partial charge in [-0.3, -0.25) is 0 Å². The Morgan fingerprint density at radius 3 is 2.37 bits per heavy atom. The Bertz CT molecular complexity index is 444. The van der Waals surface area contributed by atoms with E-state index >= 15 is 0 Å². The molecule has 2 atom stereocenters. The number of hydrogen-bond donors (Lipinski definition) is 4. The van der Waals surface area contributed by atoms with E-state index < -0.39 is 12.1 Å². The highest BCUT2D eigenvalue weighted by Gasteiger charge is 2.36. The lowest BCUT2D eigenvalue weighted by Gasteiger charge is -2.14. The van der Waals surface area contributed by atoms with Gasteiger partial charge in [-0.05, 0) is 38.0 Å². The van der Waals surface area contributed by atoms with Crippen molar-refractivity contribution in [2.75, 3.05) is 0 Å². The first-order valence-corrected chi connectivity index (χ1v) is 6.30. The number of carbonyl (C=O) groups is 2. The van der Waals surface area contributed by atoms with E-state index in [4.69, 9.17) is 11.5 Å². The van der Waals surface area contributed by atoms with Gasteiger partial charge in [-0.1, -0.05) is 0 Å². The van der Waals surface area contributed by atoms with Crippen LogP contribution in [0.1, 0.15) is 32.1 Å². The molecule has 104 valence electrons. The molecule has 2 fully saturated rings. The molecular formula is C11H18N6O2. The molecule has 2 rings (SSSR count). The summed E-state index contributed by atoms with van der Waals surface area (Å²) in [7, 11) is 0. The van der Waals surface area contributed by atoms with Crippen LogP contribution in [0, 0.1) is 11.8 Å². The molecule has 6 N–H and O–H groups in total. The van der Waals surface area contributed by atoms with Gasteiger partial charge in [-0.25, -0.2) is 20.4 Å². The number of nitrogens with two attached hydrogens (primary N) is 2. The largest absolute Gasteiger partial charge is 0.350 e. The third-order valence-corrected chi connectivity index (χ3v) is 3.54. The fraction of sp³-hybridized carbons (Fsp3) is 0.636. The van der Waals surface area contributed by atoms with Gasteiger partial charge in [0.25, 0.3) is 0 Å². The van der Waals surface area contributed by atoms with Crippen LogP contribution < -0.4 is 22.3 Å². The van der Waals surface area contributed by atoms with Crippen molar-refractivity contribution < 1.29 is 9.59 Å². The molecule has 2 bridgehead atoms. The monoisotopic (exact) mass is 266 g/mol. The second kappa shape index (κ2) is 5.68. The van der Waals surface area contributed by atoms with Gasteiger partial charge in [-0.2, -0.15) is 10.2 Å². The zero-order valence-corrected chi connectivity index (χ0v) is 10.6. The van der Waals surface area contributed by atoms with Crippen LogP contribution in [-0.2, 0) is 0 Å². The minimum Gasteiger partial charge on any atom is -0.350 e. The average Bonchev–Trinajstić information content (AvgIpc) is 2.60. The number of nitrogens with zero attached hydrogens (tertiary/aromatic N) is 2. The highest BCUT2D eigenvalue weighted by atomic mass is 16.2. The van der Waals surface area contributed by atoms with Crippen molar-refractivity contribution in [2.45, 2.75) is 32.1 Å². The van der Waals surface area contributed by atoms with Gasteiger partial charge in [0.2, 0.25) is 0 Å². The number of fused-ring (bicyclic) bond motifs is 2. The first kappa shape index (κ1) is 13.3. The number of amides is 4. The second-order valence-electron chi connectivity index (χ2n) is 4.91. The lowest BCUT2D eigenvalue weighted by atomic mass is 9.97. The first-order valence-electron chi connectivity index (χ1n) is 6.30. The molecule has 0 spiro atoms. The minimum absolute atomic E-state index is 0.0613. The van der Waals surface area contributed by atoms with E-state index in [1.165, 1.54) is 0 Å². The van der Waals surface area contributed by atoms with Crippen molar-refractivity contribution in [2.24, 2.45) is 33.5 Å². The molecule has 0 unspecified atom stereocenters. The minimum atomic E-state index is -0.681. The number of rotatable bonds is 2. The molecule has 2 aliphatic rings. The Morgan fingerprint density at radius 1 is 1.11 bits per heavy atom. The maximum Gasteiger partial charge on any atom is 0.332 e. The molecule has 0 radical (unpaired) electrons. The van der Waals surface area contributed by atoms with Gasteiger partial charge in [0, 0.05) is 17.3 Å². The molecule has 0 aromatic carbocycles. The Kier molecular flexibility index (Phi) is 3.98. The standard InChI is InChI=1S/C11H18N6O2/c12-10(18)16-14-8-3-1-2-6-4-7(8)9(5-6)15-17-11(13)19/h6-7H,1-5H2,(H3,12,16,18)(H3,13,17,19)/b14-8+,15-9+/t6-,7-/m0/s1. The summed E-state index contributed by atoms with van der Waals surface area (Å²) in [5.74, 6) is 0.617. The summed E-state index contributed by atoms with van der Waals surface area (Å²) in [6, 6.07) is -1.36. The van der Waals surface area contributed by atoms with Crippen molar-refractivity contribution in [1.82, 2.24) is 10.9 Å². The van der Waals surface area contributed by atoms with Crippen LogP contribution in [0.3, 0.4) is 0 Å². The normalized spacial score (nSPS) is 30.1. The van der Waals surface area contributed by atoms with Crippen molar-refractivity contribution in [3.8, 4) is 0 Å². The second-order valence-corrected chi connectivity index (χ2v) is 4.91. The van der Waals surface area contributed by atoms with Crippen molar-refractivity contribution in [1.29, 1.82) is 0 Å². The van der Waals surface area contributed by atoms with E-state index in [-0.39, 0.29) is 5.92 Å². The Hall–Kier alpha value is -2.12. The van der Waals surface area contributed by atoms with Gasteiger partial charge in [-0.15, -0.1) is 0 Å². The summed E-state index contributed by atoms with van der Waals surface area (Å²) in [5.41, 5.74) is 16.3. The number of nitrogens with one attached hydrogen (secondary N) is 2. The van der Waals surface area contributed by atoms with Crippen LogP contribution in [-0.4, -0.2) is 23.5 Å². The van der Waals surface area contributed by atoms with E-state index in [2.05, 4.69) is 21.1 Å². The van der Waals surface area contributed by atoms with E-state index in [9.17, 15) is 9.59 Å². The van der Waals surface area contributed by atoms with Crippen LogP contribution >= 0.6 is 0 Å². The summed E-state index contributed by atoms with van der Waals surface area (Å²) in [6.07, 6.45) is 4.72. The summed E-state index contributed by atoms with van der Waals surface area (Å²) in [6.45, 7) is 0. The molecular weight excluding hydrogens is 248 g/mol. The van der Waals surface area contributed by atoms with Crippen molar-refractivity contribution in [3.05, 3.63) is 0 Å². The molecule has 8 nitrogen and oxygen atoms in total. The number of carbonyl (C=O) groups excluding carboxylic acids is 2. The SMILES string of the molecule is NC(=O)N/N=C1\CCC[C@@H]2C/C(=N\NC(N)=O)[C@H]1C2. The lowest BCUT2D eigenvalue weighted by molar-refractivity contribution is 0.248. The maximum atomic E-state index is 10.7. The molecule has 4 amide bonds. The fourth-order valence-electron chi connectivity index (χ4n) is 2.80. The van der Waals surface area contributed by atoms with E-state index in [1.54, 1.807) is 0 Å². The lowest BCUT2D eigenvalue weighted by Crippen LogP contribution is -2.30. The third kappa shape index (κ3) is 3.43. The van der Waals surface area contributed by atoms with Gasteiger partial charge in [0.15, 0.2) is 0 Å². The average molecular weight is 266 g/mol. The Morgan fingerprint density at radius 2 is 1.74 bits per heavy atom. The Balaban J connectivity index is 2.15. The van der Waals surface area contributed by atoms with Crippen LogP contribution in [0.4, 0.5) is 9.59 Å². The summed E-state index contributed by atoms with van der Waals surface area (Å²) in [5, 5.41) is 8.12. The van der Waals surface area contributed by atoms with E-state index in [1.807, 2.05) is 0 Å². The summed E-state index contributed by atoms with van der Waals surface area (Å²) >= 11 is 0. The number of primary amides is 2. The van der Waals surface area contributed by atoms with E-state index in [0.717, 1.165) is 43.5 Å². The summed E-state index contributed by atoms with van der Waals surface area (Å²) in [4.78, 5) is 21.4. The molecule has 0 saturated heterocycles. The zero-order chi connectivity index (χ0) is 13.8. The highest BCUT2D eigenvalue weighted by Crippen LogP contribution is 2.37. The molecule has 8 heteroatoms. The topological polar surface area (TPSA) is 135 Å². The molecule has 0 aromatic rings. The van der Waals surface area contributed by atoms with Gasteiger partial charge in [0.05, 0.1) is 0 Å². The zero-order valence-electron chi connectivity index (χ0n) is 10.6. The Labute approximate surface area is 110 Å².